The van der Waals surface area contributed by atoms with Crippen LogP contribution >= 0.6 is 0 Å². The lowest BCUT2D eigenvalue weighted by atomic mass is 10.2. The summed E-state index contributed by atoms with van der Waals surface area (Å²) in [5, 5.41) is 5.35. The van der Waals surface area contributed by atoms with Gasteiger partial charge in [0, 0.05) is 7.05 Å². The van der Waals surface area contributed by atoms with E-state index in [1.165, 1.54) is 19.3 Å². The van der Waals surface area contributed by atoms with Gasteiger partial charge in [-0.2, -0.15) is 0 Å². The number of anilines is 2. The molecule has 0 bridgehead atoms. The summed E-state index contributed by atoms with van der Waals surface area (Å²) in [7, 11) is 1.53. The fourth-order valence-electron chi connectivity index (χ4n) is 1.45. The molecule has 1 unspecified atom stereocenters. The van der Waals surface area contributed by atoms with Gasteiger partial charge in [0.05, 0.1) is 18.5 Å². The van der Waals surface area contributed by atoms with Gasteiger partial charge in [-0.25, -0.2) is 9.78 Å². The van der Waals surface area contributed by atoms with Gasteiger partial charge in [0.1, 0.15) is 17.4 Å². The standard InChI is InChI=1S/C12H18N4O3/c1-4-19-12(18)9-5-8(13)6-15-10(9)16-7(2)11(17)14-3/h5-7H,4,13H2,1-3H3,(H,14,17)(H,15,16). The van der Waals surface area contributed by atoms with Crippen molar-refractivity contribution in [1.82, 2.24) is 10.3 Å². The van der Waals surface area contributed by atoms with Crippen molar-refractivity contribution in [2.45, 2.75) is 19.9 Å². The maximum Gasteiger partial charge on any atom is 0.341 e. The van der Waals surface area contributed by atoms with Gasteiger partial charge in [0.15, 0.2) is 0 Å². The SMILES string of the molecule is CCOC(=O)c1cc(N)cnc1NC(C)C(=O)NC. The smallest absolute Gasteiger partial charge is 0.341 e. The average Bonchev–Trinajstić information content (AvgIpc) is 2.39. The van der Waals surface area contributed by atoms with E-state index in [1.54, 1.807) is 13.8 Å². The molecule has 0 saturated carbocycles. The van der Waals surface area contributed by atoms with Crippen molar-refractivity contribution >= 4 is 23.4 Å². The fraction of sp³-hybridized carbons (Fsp3) is 0.417. The third kappa shape index (κ3) is 3.84. The predicted octanol–water partition coefficient (Wildman–Crippen LogP) is 0.387. The van der Waals surface area contributed by atoms with Crippen LogP contribution in [0.2, 0.25) is 0 Å². The van der Waals surface area contributed by atoms with Crippen LogP contribution < -0.4 is 16.4 Å². The number of nitrogens with two attached hydrogens (primary N) is 1. The number of esters is 1. The zero-order valence-corrected chi connectivity index (χ0v) is 11.2. The number of carbonyl (C=O) groups is 2. The van der Waals surface area contributed by atoms with Crippen LogP contribution in [-0.2, 0) is 9.53 Å². The second-order valence-electron chi connectivity index (χ2n) is 3.87. The molecular weight excluding hydrogens is 248 g/mol. The molecule has 1 amide bonds. The van der Waals surface area contributed by atoms with Crippen LogP contribution in [0.25, 0.3) is 0 Å². The largest absolute Gasteiger partial charge is 0.462 e. The zero-order valence-electron chi connectivity index (χ0n) is 11.2. The van der Waals surface area contributed by atoms with Gasteiger partial charge in [-0.05, 0) is 19.9 Å². The van der Waals surface area contributed by atoms with Gasteiger partial charge in [0.25, 0.3) is 0 Å². The van der Waals surface area contributed by atoms with Crippen LogP contribution in [0.4, 0.5) is 11.5 Å². The van der Waals surface area contributed by atoms with Crippen LogP contribution in [-0.4, -0.2) is 36.6 Å². The number of nitrogen functional groups attached to an aromatic ring is 1. The summed E-state index contributed by atoms with van der Waals surface area (Å²) in [6.07, 6.45) is 1.40. The topological polar surface area (TPSA) is 106 Å². The van der Waals surface area contributed by atoms with Crippen LogP contribution in [0.1, 0.15) is 24.2 Å². The number of nitrogens with one attached hydrogen (secondary N) is 2. The van der Waals surface area contributed by atoms with Crippen molar-refractivity contribution < 1.29 is 14.3 Å². The minimum atomic E-state index is -0.533. The highest BCUT2D eigenvalue weighted by atomic mass is 16.5. The Morgan fingerprint density at radius 2 is 2.21 bits per heavy atom. The summed E-state index contributed by atoms with van der Waals surface area (Å²) in [5.41, 5.74) is 6.16. The van der Waals surface area contributed by atoms with E-state index in [0.717, 1.165) is 0 Å². The molecule has 1 rings (SSSR count). The Kier molecular flexibility index (Phi) is 5.11. The van der Waals surface area contributed by atoms with E-state index < -0.39 is 12.0 Å². The van der Waals surface area contributed by atoms with Crippen molar-refractivity contribution in [1.29, 1.82) is 0 Å². The van der Waals surface area contributed by atoms with Crippen molar-refractivity contribution in [2.75, 3.05) is 24.7 Å². The summed E-state index contributed by atoms with van der Waals surface area (Å²) < 4.78 is 4.92. The van der Waals surface area contributed by atoms with Crippen molar-refractivity contribution in [3.63, 3.8) is 0 Å². The molecule has 4 N–H and O–H groups in total. The van der Waals surface area contributed by atoms with Crippen LogP contribution in [0.5, 0.6) is 0 Å². The highest BCUT2D eigenvalue weighted by molar-refractivity contribution is 5.96. The number of hydrogen-bond acceptors (Lipinski definition) is 6. The van der Waals surface area contributed by atoms with Crippen molar-refractivity contribution in [3.8, 4) is 0 Å². The maximum absolute atomic E-state index is 11.8. The first-order chi connectivity index (χ1) is 8.99. The summed E-state index contributed by atoms with van der Waals surface area (Å²) >= 11 is 0. The monoisotopic (exact) mass is 266 g/mol. The minimum Gasteiger partial charge on any atom is -0.462 e. The molecule has 1 atom stereocenters. The molecule has 0 spiro atoms. The van der Waals surface area contributed by atoms with E-state index in [-0.39, 0.29) is 23.9 Å². The average molecular weight is 266 g/mol. The molecule has 1 heterocycles. The third-order valence-electron chi connectivity index (χ3n) is 2.40. The van der Waals surface area contributed by atoms with E-state index in [2.05, 4.69) is 15.6 Å². The Morgan fingerprint density at radius 1 is 1.53 bits per heavy atom. The molecule has 19 heavy (non-hydrogen) atoms. The Labute approximate surface area is 111 Å². The Hall–Kier alpha value is -2.31. The minimum absolute atomic E-state index is 0.206. The molecule has 1 aromatic heterocycles. The number of hydrogen-bond donors (Lipinski definition) is 3. The molecule has 0 fully saturated rings. The molecule has 7 heteroatoms. The zero-order chi connectivity index (χ0) is 14.4. The maximum atomic E-state index is 11.8. The highest BCUT2D eigenvalue weighted by Crippen LogP contribution is 2.17. The summed E-state index contributed by atoms with van der Waals surface area (Å²) in [4.78, 5) is 27.2. The number of pyridine rings is 1. The first-order valence-electron chi connectivity index (χ1n) is 5.90. The predicted molar refractivity (Wildman–Crippen MR) is 71.8 cm³/mol. The molecular formula is C12H18N4O3. The number of aromatic nitrogens is 1. The van der Waals surface area contributed by atoms with E-state index in [1.807, 2.05) is 0 Å². The van der Waals surface area contributed by atoms with E-state index in [9.17, 15) is 9.59 Å². The van der Waals surface area contributed by atoms with Gasteiger partial charge in [-0.3, -0.25) is 4.79 Å². The third-order valence-corrected chi connectivity index (χ3v) is 2.40. The lowest BCUT2D eigenvalue weighted by molar-refractivity contribution is -0.121. The number of ether oxygens (including phenoxy) is 1. The first kappa shape index (κ1) is 14.7. The lowest BCUT2D eigenvalue weighted by Crippen LogP contribution is -2.36. The molecule has 0 aliphatic rings. The van der Waals surface area contributed by atoms with Crippen LogP contribution in [0.15, 0.2) is 12.3 Å². The van der Waals surface area contributed by atoms with Gasteiger partial charge >= 0.3 is 5.97 Å². The van der Waals surface area contributed by atoms with E-state index >= 15 is 0 Å². The first-order valence-corrected chi connectivity index (χ1v) is 5.90. The number of likely N-dealkylation sites (N-methyl/N-ethyl adjacent to an activating group) is 1. The van der Waals surface area contributed by atoms with Crippen molar-refractivity contribution in [2.24, 2.45) is 0 Å². The summed E-state index contributed by atoms with van der Waals surface area (Å²) in [6.45, 7) is 3.61. The summed E-state index contributed by atoms with van der Waals surface area (Å²) in [6, 6.07) is 0.929. The molecule has 0 radical (unpaired) electrons. The lowest BCUT2D eigenvalue weighted by Gasteiger charge is -2.15. The van der Waals surface area contributed by atoms with E-state index in [4.69, 9.17) is 10.5 Å². The number of carbonyl (C=O) groups excluding carboxylic acids is 2. The van der Waals surface area contributed by atoms with Crippen LogP contribution in [0, 0.1) is 0 Å². The van der Waals surface area contributed by atoms with Gasteiger partial charge < -0.3 is 21.1 Å². The van der Waals surface area contributed by atoms with E-state index in [0.29, 0.717) is 5.69 Å². The fourth-order valence-corrected chi connectivity index (χ4v) is 1.45. The molecule has 104 valence electrons. The molecule has 0 aliphatic heterocycles. The van der Waals surface area contributed by atoms with Gasteiger partial charge in [-0.1, -0.05) is 0 Å². The highest BCUT2D eigenvalue weighted by Gasteiger charge is 2.18. The second kappa shape index (κ2) is 6.58. The van der Waals surface area contributed by atoms with Gasteiger partial charge in [0.2, 0.25) is 5.91 Å². The number of rotatable bonds is 5. The summed E-state index contributed by atoms with van der Waals surface area (Å²) in [5.74, 6) is -0.480. The van der Waals surface area contributed by atoms with Crippen molar-refractivity contribution in [3.05, 3.63) is 17.8 Å². The normalized spacial score (nSPS) is 11.5. The Balaban J connectivity index is 3.00. The van der Waals surface area contributed by atoms with Crippen LogP contribution in [0.3, 0.4) is 0 Å². The quantitative estimate of drug-likeness (QED) is 0.665. The number of amides is 1. The molecule has 0 saturated heterocycles. The second-order valence-corrected chi connectivity index (χ2v) is 3.87. The Bertz CT molecular complexity index is 476. The van der Waals surface area contributed by atoms with Gasteiger partial charge in [-0.15, -0.1) is 0 Å². The molecule has 1 aromatic rings. The molecule has 0 aliphatic carbocycles. The number of nitrogens with zero attached hydrogens (tertiary/aromatic N) is 1. The molecule has 0 aromatic carbocycles. The Morgan fingerprint density at radius 3 is 2.79 bits per heavy atom. The molecule has 7 nitrogen and oxygen atoms in total.